The molecule has 0 bridgehead atoms. The molecule has 2 aliphatic heterocycles. The normalized spacial score (nSPS) is 23.4. The Kier molecular flexibility index (Phi) is 4.30. The predicted molar refractivity (Wildman–Crippen MR) is 83.7 cm³/mol. The average Bonchev–Trinajstić information content (AvgIpc) is 2.95. The molecule has 1 atom stereocenters. The molecule has 1 amide bonds. The molecule has 116 valence electrons. The number of anilines is 2. The highest BCUT2D eigenvalue weighted by molar-refractivity contribution is 7.18. The van der Waals surface area contributed by atoms with E-state index in [9.17, 15) is 9.90 Å². The minimum atomic E-state index is -0.409. The summed E-state index contributed by atoms with van der Waals surface area (Å²) in [5, 5.41) is 10.4. The van der Waals surface area contributed by atoms with Crippen molar-refractivity contribution in [3.05, 3.63) is 4.88 Å². The predicted octanol–water partition coefficient (Wildman–Crippen LogP) is 1.31. The van der Waals surface area contributed by atoms with Crippen molar-refractivity contribution in [3.63, 3.8) is 0 Å². The smallest absolute Gasteiger partial charge is 0.267 e. The second-order valence-corrected chi connectivity index (χ2v) is 6.78. The lowest BCUT2D eigenvalue weighted by Gasteiger charge is -2.18. The number of carbonyl (C=O) groups excluding carboxylic acids is 1. The molecule has 0 spiro atoms. The highest BCUT2D eigenvalue weighted by Crippen LogP contribution is 2.31. The van der Waals surface area contributed by atoms with Crippen molar-refractivity contribution in [2.75, 3.05) is 36.8 Å². The van der Waals surface area contributed by atoms with Crippen LogP contribution in [0, 0.1) is 0 Å². The summed E-state index contributed by atoms with van der Waals surface area (Å²) in [5.74, 6) is 0.230. The van der Waals surface area contributed by atoms with Gasteiger partial charge in [0.2, 0.25) is 0 Å². The Morgan fingerprint density at radius 2 is 1.95 bits per heavy atom. The topological polar surface area (TPSA) is 82.7 Å². The summed E-state index contributed by atoms with van der Waals surface area (Å²) in [4.78, 5) is 21.3. The zero-order valence-corrected chi connectivity index (χ0v) is 12.9. The van der Waals surface area contributed by atoms with Crippen molar-refractivity contribution in [2.45, 2.75) is 38.2 Å². The molecule has 0 aliphatic carbocycles. The maximum atomic E-state index is 12.5. The molecule has 1 unspecified atom stereocenters. The summed E-state index contributed by atoms with van der Waals surface area (Å²) in [5.41, 5.74) is 5.95. The van der Waals surface area contributed by atoms with E-state index in [0.717, 1.165) is 18.2 Å². The molecule has 0 saturated carbocycles. The molecule has 0 radical (unpaired) electrons. The zero-order chi connectivity index (χ0) is 14.8. The van der Waals surface area contributed by atoms with Crippen molar-refractivity contribution in [3.8, 4) is 0 Å². The van der Waals surface area contributed by atoms with Crippen molar-refractivity contribution >= 4 is 28.2 Å². The largest absolute Gasteiger partial charge is 0.391 e. The number of nitrogen functional groups attached to an aromatic ring is 1. The minimum absolute atomic E-state index is 0.0948. The van der Waals surface area contributed by atoms with Gasteiger partial charge in [-0.25, -0.2) is 4.98 Å². The number of nitrogens with zero attached hydrogens (tertiary/aromatic N) is 3. The Labute approximate surface area is 128 Å². The molecule has 2 aliphatic rings. The van der Waals surface area contributed by atoms with E-state index in [1.807, 2.05) is 0 Å². The Hall–Kier alpha value is -1.34. The number of likely N-dealkylation sites (tertiary alicyclic amines) is 1. The molecule has 2 fully saturated rings. The van der Waals surface area contributed by atoms with Gasteiger partial charge in [0.15, 0.2) is 5.13 Å². The van der Waals surface area contributed by atoms with Gasteiger partial charge in [0.1, 0.15) is 10.7 Å². The molecule has 1 aromatic rings. The molecule has 3 heterocycles. The van der Waals surface area contributed by atoms with Gasteiger partial charge >= 0.3 is 0 Å². The summed E-state index contributed by atoms with van der Waals surface area (Å²) < 4.78 is 0. The number of thiazole rings is 1. The van der Waals surface area contributed by atoms with Crippen molar-refractivity contribution in [2.24, 2.45) is 0 Å². The van der Waals surface area contributed by atoms with Crippen LogP contribution in [0.1, 0.15) is 41.8 Å². The Morgan fingerprint density at radius 3 is 2.57 bits per heavy atom. The number of nitrogens with two attached hydrogens (primary N) is 1. The summed E-state index contributed by atoms with van der Waals surface area (Å²) in [6.07, 6.45) is 5.09. The number of hydrogen-bond acceptors (Lipinski definition) is 6. The highest BCUT2D eigenvalue weighted by atomic mass is 32.1. The zero-order valence-electron chi connectivity index (χ0n) is 12.1. The van der Waals surface area contributed by atoms with Gasteiger partial charge < -0.3 is 20.6 Å². The first kappa shape index (κ1) is 14.6. The van der Waals surface area contributed by atoms with Gasteiger partial charge in [-0.3, -0.25) is 4.79 Å². The van der Waals surface area contributed by atoms with Crippen LogP contribution >= 0.6 is 11.3 Å². The number of rotatable bonds is 2. The van der Waals surface area contributed by atoms with E-state index < -0.39 is 6.10 Å². The molecular weight excluding hydrogens is 288 g/mol. The summed E-state index contributed by atoms with van der Waals surface area (Å²) in [6.45, 7) is 2.97. The number of amides is 1. The third-order valence-electron chi connectivity index (χ3n) is 4.16. The molecule has 3 N–H and O–H groups in total. The van der Waals surface area contributed by atoms with Crippen LogP contribution in [0.4, 0.5) is 10.9 Å². The third-order valence-corrected chi connectivity index (χ3v) is 5.28. The van der Waals surface area contributed by atoms with E-state index in [2.05, 4.69) is 9.88 Å². The van der Waals surface area contributed by atoms with Crippen LogP contribution in [0.3, 0.4) is 0 Å². The summed E-state index contributed by atoms with van der Waals surface area (Å²) in [6, 6.07) is 0. The number of hydrogen-bond donors (Lipinski definition) is 2. The number of β-amino-alcohol motifs (C(OH)–C–C–N with tert-alkyl or cyclic N) is 1. The van der Waals surface area contributed by atoms with E-state index in [4.69, 9.17) is 5.73 Å². The number of aliphatic hydroxyl groups excluding tert-OH is 1. The molecule has 2 saturated heterocycles. The van der Waals surface area contributed by atoms with Crippen LogP contribution in [0.15, 0.2) is 0 Å². The molecule has 1 aromatic heterocycles. The first-order chi connectivity index (χ1) is 10.1. The summed E-state index contributed by atoms with van der Waals surface area (Å²) >= 11 is 1.39. The Bertz CT molecular complexity index is 511. The Morgan fingerprint density at radius 1 is 1.24 bits per heavy atom. The average molecular weight is 310 g/mol. The van der Waals surface area contributed by atoms with Crippen LogP contribution in [0.25, 0.3) is 0 Å². The third kappa shape index (κ3) is 3.13. The fourth-order valence-electron chi connectivity index (χ4n) is 2.94. The van der Waals surface area contributed by atoms with Gasteiger partial charge in [-0.1, -0.05) is 24.2 Å². The Balaban J connectivity index is 1.75. The number of aromatic nitrogens is 1. The van der Waals surface area contributed by atoms with Crippen LogP contribution in [0.2, 0.25) is 0 Å². The molecule has 6 nitrogen and oxygen atoms in total. The monoisotopic (exact) mass is 310 g/mol. The molecule has 21 heavy (non-hydrogen) atoms. The number of carbonyl (C=O) groups is 1. The lowest BCUT2D eigenvalue weighted by molar-refractivity contribution is 0.0770. The standard InChI is InChI=1S/C14H22N4O2S/c15-12-11(13(20)18-8-5-10(19)9-18)21-14(16-12)17-6-3-1-2-4-7-17/h10,19H,1-9,15H2. The maximum absolute atomic E-state index is 12.5. The van der Waals surface area contributed by atoms with Gasteiger partial charge in [-0.05, 0) is 19.3 Å². The van der Waals surface area contributed by atoms with Gasteiger partial charge in [-0.2, -0.15) is 0 Å². The molecule has 0 aromatic carbocycles. The lowest BCUT2D eigenvalue weighted by Crippen LogP contribution is -2.29. The van der Waals surface area contributed by atoms with Gasteiger partial charge in [0.25, 0.3) is 5.91 Å². The highest BCUT2D eigenvalue weighted by Gasteiger charge is 2.29. The maximum Gasteiger partial charge on any atom is 0.267 e. The fraction of sp³-hybridized carbons (Fsp3) is 0.714. The molecule has 3 rings (SSSR count). The van der Waals surface area contributed by atoms with E-state index in [0.29, 0.717) is 30.2 Å². The molecule has 7 heteroatoms. The van der Waals surface area contributed by atoms with E-state index in [1.165, 1.54) is 37.0 Å². The summed E-state index contributed by atoms with van der Waals surface area (Å²) in [7, 11) is 0. The SMILES string of the molecule is Nc1nc(N2CCCCCC2)sc1C(=O)N1CCC(O)C1. The van der Waals surface area contributed by atoms with Crippen LogP contribution < -0.4 is 10.6 Å². The quantitative estimate of drug-likeness (QED) is 0.860. The van der Waals surface area contributed by atoms with Gasteiger partial charge in [-0.15, -0.1) is 0 Å². The van der Waals surface area contributed by atoms with Crippen LogP contribution in [0.5, 0.6) is 0 Å². The van der Waals surface area contributed by atoms with Crippen LogP contribution in [-0.4, -0.2) is 53.2 Å². The van der Waals surface area contributed by atoms with Crippen LogP contribution in [-0.2, 0) is 0 Å². The lowest BCUT2D eigenvalue weighted by atomic mass is 10.2. The van der Waals surface area contributed by atoms with Crippen molar-refractivity contribution < 1.29 is 9.90 Å². The molecular formula is C14H22N4O2S. The van der Waals surface area contributed by atoms with Crippen molar-refractivity contribution in [1.82, 2.24) is 9.88 Å². The van der Waals surface area contributed by atoms with Gasteiger partial charge in [0, 0.05) is 26.2 Å². The van der Waals surface area contributed by atoms with Crippen molar-refractivity contribution in [1.29, 1.82) is 0 Å². The fourth-order valence-corrected chi connectivity index (χ4v) is 3.95. The first-order valence-corrected chi connectivity index (χ1v) is 8.45. The first-order valence-electron chi connectivity index (χ1n) is 7.64. The second-order valence-electron chi connectivity index (χ2n) is 5.81. The second kappa shape index (κ2) is 6.19. The van der Waals surface area contributed by atoms with Gasteiger partial charge in [0.05, 0.1) is 6.10 Å². The van der Waals surface area contributed by atoms with E-state index in [1.54, 1.807) is 4.90 Å². The van der Waals surface area contributed by atoms with E-state index in [-0.39, 0.29) is 5.91 Å². The minimum Gasteiger partial charge on any atom is -0.391 e. The number of aliphatic hydroxyl groups is 1. The van der Waals surface area contributed by atoms with E-state index >= 15 is 0 Å².